The van der Waals surface area contributed by atoms with Crippen LogP contribution >= 0.6 is 0 Å². The first kappa shape index (κ1) is 26.4. The van der Waals surface area contributed by atoms with Crippen molar-refractivity contribution < 1.29 is 45.0 Å². The molecule has 138 valence electrons. The van der Waals surface area contributed by atoms with Gasteiger partial charge in [0.2, 0.25) is 0 Å². The molecule has 0 bridgehead atoms. The summed E-state index contributed by atoms with van der Waals surface area (Å²) in [6.45, 7) is 5.36. The van der Waals surface area contributed by atoms with E-state index in [0.29, 0.717) is 5.57 Å². The zero-order chi connectivity index (χ0) is 19.5. The lowest BCUT2D eigenvalue weighted by molar-refractivity contribution is -0.133. The normalized spacial score (nSPS) is 8.46. The van der Waals surface area contributed by atoms with Crippen LogP contribution in [0.3, 0.4) is 0 Å². The van der Waals surface area contributed by atoms with Gasteiger partial charge in [0, 0.05) is 44.0 Å². The zero-order valence-corrected chi connectivity index (χ0v) is 13.2. The lowest BCUT2D eigenvalue weighted by Gasteiger charge is -2.09. The average Bonchev–Trinajstić information content (AvgIpc) is 2.53. The van der Waals surface area contributed by atoms with E-state index in [1.54, 1.807) is 0 Å². The van der Waals surface area contributed by atoms with Crippen molar-refractivity contribution in [2.24, 2.45) is 0 Å². The average molecular weight is 348 g/mol. The zero-order valence-electron chi connectivity index (χ0n) is 13.2. The van der Waals surface area contributed by atoms with Gasteiger partial charge >= 0.3 is 17.9 Å². The third-order valence-corrected chi connectivity index (χ3v) is 2.22. The topological polar surface area (TPSA) is 173 Å². The SMILES string of the molecule is C=CC(=O)O.C=CC(=O)O.O=C(O)C(CCO)=C(CCO)CCO. The fraction of sp³-hybridized carbons (Fsp3) is 0.400. The first-order valence-electron chi connectivity index (χ1n) is 6.69. The van der Waals surface area contributed by atoms with Gasteiger partial charge in [0.25, 0.3) is 0 Å². The van der Waals surface area contributed by atoms with Crippen LogP contribution in [0, 0.1) is 0 Å². The number of hydrogen-bond donors (Lipinski definition) is 6. The predicted molar refractivity (Wildman–Crippen MR) is 85.4 cm³/mol. The Morgan fingerprint density at radius 3 is 1.17 bits per heavy atom. The third kappa shape index (κ3) is 19.5. The van der Waals surface area contributed by atoms with E-state index >= 15 is 0 Å². The lowest BCUT2D eigenvalue weighted by atomic mass is 10.00. The van der Waals surface area contributed by atoms with Crippen LogP contribution in [0.25, 0.3) is 0 Å². The van der Waals surface area contributed by atoms with Gasteiger partial charge in [0.15, 0.2) is 0 Å². The standard InChI is InChI=1S/C9H16O5.2C3H4O2/c10-4-1-7(2-5-11)8(3-6-12)9(13)14;2*1-2-3(4)5/h10-12H,1-6H2,(H,13,14);2*2H,1H2,(H,4,5). The van der Waals surface area contributed by atoms with Crippen molar-refractivity contribution in [1.29, 1.82) is 0 Å². The molecule has 0 unspecified atom stereocenters. The van der Waals surface area contributed by atoms with Gasteiger partial charge in [-0.15, -0.1) is 0 Å². The molecule has 0 fully saturated rings. The fourth-order valence-corrected chi connectivity index (χ4v) is 1.24. The smallest absolute Gasteiger partial charge is 0.331 e. The van der Waals surface area contributed by atoms with Crippen LogP contribution in [0.15, 0.2) is 36.5 Å². The van der Waals surface area contributed by atoms with Crippen LogP contribution in [0.2, 0.25) is 0 Å². The maximum absolute atomic E-state index is 10.7. The first-order chi connectivity index (χ1) is 11.2. The highest BCUT2D eigenvalue weighted by Gasteiger charge is 2.12. The monoisotopic (exact) mass is 348 g/mol. The molecule has 0 heterocycles. The molecule has 24 heavy (non-hydrogen) atoms. The van der Waals surface area contributed by atoms with Crippen LogP contribution in [0.5, 0.6) is 0 Å². The number of carboxylic acids is 3. The summed E-state index contributed by atoms with van der Waals surface area (Å²) >= 11 is 0. The molecule has 0 aliphatic heterocycles. The Morgan fingerprint density at radius 2 is 1.00 bits per heavy atom. The van der Waals surface area contributed by atoms with E-state index in [1.807, 2.05) is 0 Å². The summed E-state index contributed by atoms with van der Waals surface area (Å²) in [5.74, 6) is -3.06. The second kappa shape index (κ2) is 18.6. The Hall–Kier alpha value is -2.49. The fourth-order valence-electron chi connectivity index (χ4n) is 1.24. The predicted octanol–water partition coefficient (Wildman–Crippen LogP) is 0.0288. The highest BCUT2D eigenvalue weighted by atomic mass is 16.4. The number of rotatable bonds is 9. The Bertz CT molecular complexity index is 412. The summed E-state index contributed by atoms with van der Waals surface area (Å²) in [4.78, 5) is 29.2. The molecule has 6 N–H and O–H groups in total. The molecular formula is C15H24O9. The van der Waals surface area contributed by atoms with Gasteiger partial charge in [0.1, 0.15) is 0 Å². The molecule has 0 aliphatic rings. The Balaban J connectivity index is -0.000000361. The maximum atomic E-state index is 10.7. The largest absolute Gasteiger partial charge is 0.478 e. The Morgan fingerprint density at radius 1 is 0.708 bits per heavy atom. The summed E-state index contributed by atoms with van der Waals surface area (Å²) in [6, 6.07) is 0. The van der Waals surface area contributed by atoms with Crippen molar-refractivity contribution in [2.75, 3.05) is 19.8 Å². The molecule has 0 aromatic carbocycles. The second-order valence-corrected chi connectivity index (χ2v) is 3.89. The second-order valence-electron chi connectivity index (χ2n) is 3.89. The quantitative estimate of drug-likeness (QED) is 0.314. The van der Waals surface area contributed by atoms with Crippen LogP contribution in [-0.4, -0.2) is 68.4 Å². The van der Waals surface area contributed by atoms with Crippen LogP contribution in [0.1, 0.15) is 19.3 Å². The number of aliphatic hydroxyl groups is 3. The molecule has 0 saturated carbocycles. The molecule has 0 aromatic heterocycles. The van der Waals surface area contributed by atoms with Crippen molar-refractivity contribution in [3.05, 3.63) is 36.5 Å². The van der Waals surface area contributed by atoms with Crippen molar-refractivity contribution in [3.8, 4) is 0 Å². The molecule has 0 spiro atoms. The number of aliphatic carboxylic acids is 3. The number of carboxylic acid groups (broad SMARTS) is 3. The molecule has 0 atom stereocenters. The van der Waals surface area contributed by atoms with Gasteiger partial charge in [-0.3, -0.25) is 0 Å². The van der Waals surface area contributed by atoms with Crippen LogP contribution in [0.4, 0.5) is 0 Å². The van der Waals surface area contributed by atoms with E-state index in [2.05, 4.69) is 13.2 Å². The summed E-state index contributed by atoms with van der Waals surface area (Å²) < 4.78 is 0. The molecule has 0 rings (SSSR count). The molecular weight excluding hydrogens is 324 g/mol. The lowest BCUT2D eigenvalue weighted by Crippen LogP contribution is -2.09. The summed E-state index contributed by atoms with van der Waals surface area (Å²) in [5.41, 5.74) is 0.590. The molecule has 0 aliphatic carbocycles. The minimum atomic E-state index is -1.10. The van der Waals surface area contributed by atoms with Gasteiger partial charge in [-0.05, 0) is 12.8 Å². The first-order valence-corrected chi connectivity index (χ1v) is 6.69. The molecule has 0 aromatic rings. The van der Waals surface area contributed by atoms with Gasteiger partial charge in [-0.25, -0.2) is 14.4 Å². The highest BCUT2D eigenvalue weighted by molar-refractivity contribution is 5.87. The molecule has 0 radical (unpaired) electrons. The van der Waals surface area contributed by atoms with Crippen molar-refractivity contribution in [2.45, 2.75) is 19.3 Å². The van der Waals surface area contributed by atoms with E-state index in [-0.39, 0.29) is 44.7 Å². The highest BCUT2D eigenvalue weighted by Crippen LogP contribution is 2.16. The van der Waals surface area contributed by atoms with E-state index in [1.165, 1.54) is 0 Å². The number of aliphatic hydroxyl groups excluding tert-OH is 3. The molecule has 9 heteroatoms. The Kier molecular flexibility index (Phi) is 20.4. The summed E-state index contributed by atoms with van der Waals surface area (Å²) in [7, 11) is 0. The van der Waals surface area contributed by atoms with Crippen LogP contribution in [-0.2, 0) is 14.4 Å². The van der Waals surface area contributed by atoms with E-state index in [9.17, 15) is 14.4 Å². The van der Waals surface area contributed by atoms with E-state index in [4.69, 9.17) is 30.6 Å². The molecule has 0 amide bonds. The van der Waals surface area contributed by atoms with Gasteiger partial charge in [0.05, 0.1) is 0 Å². The van der Waals surface area contributed by atoms with E-state index in [0.717, 1.165) is 12.2 Å². The van der Waals surface area contributed by atoms with Gasteiger partial charge < -0.3 is 30.6 Å². The van der Waals surface area contributed by atoms with Crippen molar-refractivity contribution in [3.63, 3.8) is 0 Å². The number of hydrogen-bond acceptors (Lipinski definition) is 6. The van der Waals surface area contributed by atoms with Crippen LogP contribution < -0.4 is 0 Å². The van der Waals surface area contributed by atoms with Crippen molar-refractivity contribution in [1.82, 2.24) is 0 Å². The number of carbonyl (C=O) groups is 3. The van der Waals surface area contributed by atoms with Crippen molar-refractivity contribution >= 4 is 17.9 Å². The van der Waals surface area contributed by atoms with Gasteiger partial charge in [-0.1, -0.05) is 18.7 Å². The van der Waals surface area contributed by atoms with Gasteiger partial charge in [-0.2, -0.15) is 0 Å². The maximum Gasteiger partial charge on any atom is 0.331 e. The third-order valence-electron chi connectivity index (χ3n) is 2.22. The minimum Gasteiger partial charge on any atom is -0.478 e. The minimum absolute atomic E-state index is 0.0463. The summed E-state index contributed by atoms with van der Waals surface area (Å²) in [5, 5.41) is 50.0. The Labute approximate surface area is 139 Å². The molecule has 0 saturated heterocycles. The molecule has 9 nitrogen and oxygen atoms in total. The summed E-state index contributed by atoms with van der Waals surface area (Å²) in [6.07, 6.45) is 2.16. The van der Waals surface area contributed by atoms with E-state index < -0.39 is 17.9 Å².